The van der Waals surface area contributed by atoms with Crippen LogP contribution in [0.4, 0.5) is 17.1 Å². The van der Waals surface area contributed by atoms with Crippen molar-refractivity contribution >= 4 is 27.8 Å². The molecular formula is C65H49N. The van der Waals surface area contributed by atoms with Gasteiger partial charge in [0, 0.05) is 17.1 Å². The molecule has 10 aromatic carbocycles. The van der Waals surface area contributed by atoms with Crippen LogP contribution in [-0.4, -0.2) is 0 Å². The Morgan fingerprint density at radius 3 is 1.44 bits per heavy atom. The standard InChI is InChI=1S/C65H49N/c1-3-15-44(16-4-1)45-29-31-46(32-30-45)47-33-37-51(38-34-47)66(52-39-35-49(36-40-52)55-22-8-7-21-54(55)48-17-5-2-6-18-48)53-41-42-58-56-23-9-11-26-60(56)65(63(58)43-53)61-27-12-10-24-57(61)59-25-13-19-50-20-14-28-62(65)64(50)59/h2,5-14,17-44H,1,3-4,15-16H2. The number of benzene rings is 10. The molecule has 3 aliphatic carbocycles. The van der Waals surface area contributed by atoms with Crippen LogP contribution in [0.1, 0.15) is 65.8 Å². The van der Waals surface area contributed by atoms with E-state index < -0.39 is 5.41 Å². The fourth-order valence-electron chi connectivity index (χ4n) is 12.1. The lowest BCUT2D eigenvalue weighted by atomic mass is 9.61. The summed E-state index contributed by atoms with van der Waals surface area (Å²) >= 11 is 0. The first-order valence-electron chi connectivity index (χ1n) is 23.9. The first-order chi connectivity index (χ1) is 32.7. The van der Waals surface area contributed by atoms with E-state index in [1.54, 1.807) is 0 Å². The van der Waals surface area contributed by atoms with Gasteiger partial charge in [-0.3, -0.25) is 0 Å². The molecule has 0 aromatic heterocycles. The number of anilines is 3. The predicted octanol–water partition coefficient (Wildman–Crippen LogP) is 17.7. The van der Waals surface area contributed by atoms with Crippen LogP contribution in [0.5, 0.6) is 0 Å². The molecule has 0 radical (unpaired) electrons. The zero-order valence-corrected chi connectivity index (χ0v) is 37.0. The Hall–Kier alpha value is -7.74. The molecule has 1 saturated carbocycles. The van der Waals surface area contributed by atoms with Crippen molar-refractivity contribution in [2.45, 2.75) is 43.4 Å². The Morgan fingerprint density at radius 1 is 0.318 bits per heavy atom. The minimum atomic E-state index is -0.503. The molecule has 1 heteroatoms. The van der Waals surface area contributed by atoms with Gasteiger partial charge >= 0.3 is 0 Å². The third-order valence-corrected chi connectivity index (χ3v) is 15.1. The third kappa shape index (κ3) is 6.07. The van der Waals surface area contributed by atoms with Crippen molar-refractivity contribution < 1.29 is 0 Å². The van der Waals surface area contributed by atoms with Gasteiger partial charge in [0.05, 0.1) is 5.41 Å². The van der Waals surface area contributed by atoms with Crippen molar-refractivity contribution in [2.75, 3.05) is 4.90 Å². The van der Waals surface area contributed by atoms with Crippen molar-refractivity contribution in [1.82, 2.24) is 0 Å². The Labute approximate surface area is 388 Å². The molecule has 1 unspecified atom stereocenters. The van der Waals surface area contributed by atoms with E-state index in [0.717, 1.165) is 17.1 Å². The van der Waals surface area contributed by atoms with E-state index in [4.69, 9.17) is 0 Å². The third-order valence-electron chi connectivity index (χ3n) is 15.1. The summed E-state index contributed by atoms with van der Waals surface area (Å²) in [5.41, 5.74) is 22.3. The van der Waals surface area contributed by atoms with Crippen molar-refractivity contribution in [3.05, 3.63) is 258 Å². The second kappa shape index (κ2) is 15.8. The van der Waals surface area contributed by atoms with Gasteiger partial charge in [-0.25, -0.2) is 0 Å². The van der Waals surface area contributed by atoms with Gasteiger partial charge in [-0.05, 0) is 149 Å². The van der Waals surface area contributed by atoms with E-state index in [1.165, 1.54) is 126 Å². The van der Waals surface area contributed by atoms with Crippen LogP contribution in [0.3, 0.4) is 0 Å². The van der Waals surface area contributed by atoms with Crippen LogP contribution in [-0.2, 0) is 5.41 Å². The van der Waals surface area contributed by atoms with Crippen molar-refractivity contribution in [2.24, 2.45) is 0 Å². The number of nitrogens with zero attached hydrogens (tertiary/aromatic N) is 1. The highest BCUT2D eigenvalue weighted by Crippen LogP contribution is 2.62. The van der Waals surface area contributed by atoms with Crippen LogP contribution < -0.4 is 4.90 Å². The average molecular weight is 844 g/mol. The molecule has 66 heavy (non-hydrogen) atoms. The fourth-order valence-corrected chi connectivity index (χ4v) is 12.1. The van der Waals surface area contributed by atoms with Crippen LogP contribution in [0.15, 0.2) is 231 Å². The van der Waals surface area contributed by atoms with Gasteiger partial charge in [-0.15, -0.1) is 0 Å². The summed E-state index contributed by atoms with van der Waals surface area (Å²) in [5.74, 6) is 0.700. The lowest BCUT2D eigenvalue weighted by molar-refractivity contribution is 0.443. The minimum Gasteiger partial charge on any atom is -0.310 e. The Kier molecular flexibility index (Phi) is 9.24. The molecule has 0 bridgehead atoms. The van der Waals surface area contributed by atoms with Crippen LogP contribution in [0, 0.1) is 0 Å². The van der Waals surface area contributed by atoms with Crippen molar-refractivity contribution in [1.29, 1.82) is 0 Å². The van der Waals surface area contributed by atoms with Gasteiger partial charge in [0.1, 0.15) is 0 Å². The molecule has 1 nitrogen and oxygen atoms in total. The zero-order chi connectivity index (χ0) is 43.6. The molecular weight excluding hydrogens is 795 g/mol. The van der Waals surface area contributed by atoms with Crippen LogP contribution in [0.2, 0.25) is 0 Å². The second-order valence-corrected chi connectivity index (χ2v) is 18.6. The monoisotopic (exact) mass is 843 g/mol. The largest absolute Gasteiger partial charge is 0.310 e. The second-order valence-electron chi connectivity index (χ2n) is 18.6. The number of hydrogen-bond acceptors (Lipinski definition) is 1. The molecule has 0 amide bonds. The lowest BCUT2D eigenvalue weighted by Crippen LogP contribution is -2.32. The van der Waals surface area contributed by atoms with Gasteiger partial charge in [0.25, 0.3) is 0 Å². The molecule has 0 heterocycles. The average Bonchev–Trinajstić information content (AvgIpc) is 3.69. The first-order valence-corrected chi connectivity index (χ1v) is 23.9. The summed E-state index contributed by atoms with van der Waals surface area (Å²) in [7, 11) is 0. The summed E-state index contributed by atoms with van der Waals surface area (Å²) in [4.78, 5) is 2.46. The SMILES string of the molecule is c1ccc(-c2ccccc2-c2ccc(N(c3ccc(-c4ccc(C5CCCCC5)cc4)cc3)c3ccc4c(c3)C3(c5ccccc5-4)c4ccccc4-c4cccc5cccc3c45)cc2)cc1. The van der Waals surface area contributed by atoms with Gasteiger partial charge in [-0.1, -0.05) is 213 Å². The maximum atomic E-state index is 2.51. The molecule has 3 aliphatic rings. The Balaban J connectivity index is 0.978. The number of fused-ring (bicyclic) bond motifs is 9. The fraction of sp³-hybridized carbons (Fsp3) is 0.108. The van der Waals surface area contributed by atoms with E-state index in [0.29, 0.717) is 5.92 Å². The highest BCUT2D eigenvalue weighted by molar-refractivity contribution is 6.07. The summed E-state index contributed by atoms with van der Waals surface area (Å²) in [6.07, 6.45) is 6.71. The smallest absolute Gasteiger partial charge is 0.0726 e. The normalized spacial score (nSPS) is 15.9. The lowest BCUT2D eigenvalue weighted by Gasteiger charge is -2.40. The molecule has 0 aliphatic heterocycles. The van der Waals surface area contributed by atoms with Gasteiger partial charge < -0.3 is 4.90 Å². The minimum absolute atomic E-state index is 0.503. The van der Waals surface area contributed by atoms with E-state index in [1.807, 2.05) is 0 Å². The van der Waals surface area contributed by atoms with Gasteiger partial charge in [-0.2, -0.15) is 0 Å². The zero-order valence-electron chi connectivity index (χ0n) is 37.0. The summed E-state index contributed by atoms with van der Waals surface area (Å²) in [6.45, 7) is 0. The molecule has 10 aromatic rings. The predicted molar refractivity (Wildman–Crippen MR) is 277 cm³/mol. The van der Waals surface area contributed by atoms with Crippen molar-refractivity contribution in [3.63, 3.8) is 0 Å². The molecule has 0 saturated heterocycles. The highest BCUT2D eigenvalue weighted by Gasteiger charge is 2.50. The van der Waals surface area contributed by atoms with Crippen molar-refractivity contribution in [3.8, 4) is 55.6 Å². The van der Waals surface area contributed by atoms with Gasteiger partial charge in [0.2, 0.25) is 0 Å². The summed E-state index contributed by atoms with van der Waals surface area (Å²) < 4.78 is 0. The van der Waals surface area contributed by atoms with E-state index in [2.05, 4.69) is 235 Å². The number of rotatable bonds is 7. The molecule has 1 atom stereocenters. The quantitative estimate of drug-likeness (QED) is 0.154. The number of hydrogen-bond donors (Lipinski definition) is 0. The van der Waals surface area contributed by atoms with Crippen LogP contribution >= 0.6 is 0 Å². The first kappa shape index (κ1) is 38.7. The summed E-state index contributed by atoms with van der Waals surface area (Å²) in [5, 5.41) is 2.62. The molecule has 314 valence electrons. The molecule has 1 spiro atoms. The van der Waals surface area contributed by atoms with E-state index in [9.17, 15) is 0 Å². The maximum Gasteiger partial charge on any atom is 0.0726 e. The van der Waals surface area contributed by atoms with E-state index in [-0.39, 0.29) is 0 Å². The Morgan fingerprint density at radius 2 is 0.788 bits per heavy atom. The molecule has 13 rings (SSSR count). The Bertz CT molecular complexity index is 3420. The van der Waals surface area contributed by atoms with Gasteiger partial charge in [0.15, 0.2) is 0 Å². The summed E-state index contributed by atoms with van der Waals surface area (Å²) in [6, 6.07) is 86.6. The molecule has 1 fully saturated rings. The molecule has 0 N–H and O–H groups in total. The van der Waals surface area contributed by atoms with E-state index >= 15 is 0 Å². The van der Waals surface area contributed by atoms with Crippen LogP contribution in [0.25, 0.3) is 66.4 Å². The topological polar surface area (TPSA) is 3.24 Å². The highest BCUT2D eigenvalue weighted by atomic mass is 15.1. The maximum absolute atomic E-state index is 2.51.